The normalized spacial score (nSPS) is 13.9. The summed E-state index contributed by atoms with van der Waals surface area (Å²) in [7, 11) is 0. The summed E-state index contributed by atoms with van der Waals surface area (Å²) in [4.78, 5) is 4.58. The Balaban J connectivity index is 1.78. The molecule has 0 unspecified atom stereocenters. The van der Waals surface area contributed by atoms with Gasteiger partial charge < -0.3 is 15.8 Å². The molecule has 0 amide bonds. The first-order chi connectivity index (χ1) is 10.4. The number of nitrogen functional groups attached to an aromatic ring is 1. The first-order valence-corrected chi connectivity index (χ1v) is 7.39. The third-order valence-electron chi connectivity index (χ3n) is 3.64. The molecule has 22 heavy (non-hydrogen) atoms. The third kappa shape index (κ3) is 3.06. The zero-order valence-electron chi connectivity index (χ0n) is 13.2. The lowest BCUT2D eigenvalue weighted by Gasteiger charge is -2.21. The van der Waals surface area contributed by atoms with E-state index in [9.17, 15) is 0 Å². The van der Waals surface area contributed by atoms with E-state index >= 15 is 0 Å². The van der Waals surface area contributed by atoms with Gasteiger partial charge in [-0.25, -0.2) is 4.99 Å². The minimum atomic E-state index is 0.156. The number of ether oxygens (including phenoxy) is 1. The van der Waals surface area contributed by atoms with Crippen LogP contribution in [0.1, 0.15) is 26.3 Å². The second-order valence-corrected chi connectivity index (χ2v) is 6.53. The Kier molecular flexibility index (Phi) is 3.53. The van der Waals surface area contributed by atoms with Crippen molar-refractivity contribution in [3.8, 4) is 5.75 Å². The summed E-state index contributed by atoms with van der Waals surface area (Å²) >= 11 is 0. The Hall–Kier alpha value is -2.49. The second-order valence-electron chi connectivity index (χ2n) is 6.53. The fourth-order valence-corrected chi connectivity index (χ4v) is 2.35. The standard InChI is InChI=1S/C18H21N3O/c1-18(2,3)12-4-7-14(8-5-12)20-17-11-22-16-10-13(19)6-9-15(16)21-17/h4-10H,11,19H2,1-3H3,(H,20,21). The van der Waals surface area contributed by atoms with Crippen LogP contribution in [-0.2, 0) is 5.41 Å². The molecule has 3 N–H and O–H groups in total. The van der Waals surface area contributed by atoms with E-state index < -0.39 is 0 Å². The van der Waals surface area contributed by atoms with Crippen molar-refractivity contribution in [2.75, 3.05) is 17.7 Å². The lowest BCUT2D eigenvalue weighted by Crippen LogP contribution is -2.23. The highest BCUT2D eigenvalue weighted by Gasteiger charge is 2.15. The number of anilines is 2. The quantitative estimate of drug-likeness (QED) is 0.779. The molecule has 0 saturated carbocycles. The summed E-state index contributed by atoms with van der Waals surface area (Å²) in [6, 6.07) is 13.9. The highest BCUT2D eigenvalue weighted by molar-refractivity contribution is 5.99. The van der Waals surface area contributed by atoms with Crippen LogP contribution in [0.25, 0.3) is 0 Å². The topological polar surface area (TPSA) is 59.6 Å². The molecule has 0 saturated heterocycles. The van der Waals surface area contributed by atoms with Crippen molar-refractivity contribution in [3.05, 3.63) is 48.0 Å². The SMILES string of the molecule is CC(C)(C)c1ccc(NC2=Nc3ccc(N)cc3OC2)cc1. The van der Waals surface area contributed by atoms with Crippen LogP contribution in [0.4, 0.5) is 17.1 Å². The number of benzene rings is 2. The largest absolute Gasteiger partial charge is 0.483 e. The van der Waals surface area contributed by atoms with Gasteiger partial charge in [0.05, 0.1) is 0 Å². The van der Waals surface area contributed by atoms with Crippen LogP contribution in [-0.4, -0.2) is 12.4 Å². The molecule has 3 rings (SSSR count). The van der Waals surface area contributed by atoms with Crippen molar-refractivity contribution in [2.45, 2.75) is 26.2 Å². The minimum Gasteiger partial charge on any atom is -0.483 e. The number of nitrogens with two attached hydrogens (primary N) is 1. The van der Waals surface area contributed by atoms with Crippen LogP contribution in [0, 0.1) is 0 Å². The van der Waals surface area contributed by atoms with Gasteiger partial charge in [-0.1, -0.05) is 32.9 Å². The van der Waals surface area contributed by atoms with Gasteiger partial charge in [0.15, 0.2) is 0 Å². The van der Waals surface area contributed by atoms with Crippen LogP contribution in [0.15, 0.2) is 47.5 Å². The van der Waals surface area contributed by atoms with E-state index in [4.69, 9.17) is 10.5 Å². The predicted molar refractivity (Wildman–Crippen MR) is 92.2 cm³/mol. The van der Waals surface area contributed by atoms with Crippen LogP contribution in [0.5, 0.6) is 5.75 Å². The summed E-state index contributed by atoms with van der Waals surface area (Å²) in [6.45, 7) is 7.03. The van der Waals surface area contributed by atoms with E-state index in [-0.39, 0.29) is 5.41 Å². The molecule has 2 aromatic rings. The van der Waals surface area contributed by atoms with Crippen LogP contribution >= 0.6 is 0 Å². The molecular weight excluding hydrogens is 274 g/mol. The smallest absolute Gasteiger partial charge is 0.147 e. The van der Waals surface area contributed by atoms with E-state index in [2.05, 4.69) is 55.3 Å². The Labute approximate surface area is 131 Å². The van der Waals surface area contributed by atoms with Crippen LogP contribution in [0.2, 0.25) is 0 Å². The number of hydrogen-bond donors (Lipinski definition) is 2. The molecule has 114 valence electrons. The molecule has 0 bridgehead atoms. The summed E-state index contributed by atoms with van der Waals surface area (Å²) in [5, 5.41) is 3.31. The third-order valence-corrected chi connectivity index (χ3v) is 3.64. The molecular formula is C18H21N3O. The summed E-state index contributed by atoms with van der Waals surface area (Å²) in [5.41, 5.74) is 9.70. The highest BCUT2D eigenvalue weighted by Crippen LogP contribution is 2.32. The Morgan fingerprint density at radius 2 is 1.82 bits per heavy atom. The minimum absolute atomic E-state index is 0.156. The molecule has 0 aromatic heterocycles. The van der Waals surface area contributed by atoms with Gasteiger partial charge in [-0.05, 0) is 35.2 Å². The first kappa shape index (κ1) is 14.4. The van der Waals surface area contributed by atoms with Crippen molar-refractivity contribution in [3.63, 3.8) is 0 Å². The molecule has 2 aromatic carbocycles. The molecule has 1 heterocycles. The molecule has 0 atom stereocenters. The van der Waals surface area contributed by atoms with E-state index in [0.29, 0.717) is 12.3 Å². The molecule has 4 heteroatoms. The van der Waals surface area contributed by atoms with E-state index in [1.807, 2.05) is 12.1 Å². The predicted octanol–water partition coefficient (Wildman–Crippen LogP) is 4.10. The Morgan fingerprint density at radius 3 is 2.50 bits per heavy atom. The van der Waals surface area contributed by atoms with Crippen LogP contribution < -0.4 is 15.8 Å². The maximum absolute atomic E-state index is 5.75. The van der Waals surface area contributed by atoms with Gasteiger partial charge in [-0.15, -0.1) is 0 Å². The average molecular weight is 295 g/mol. The van der Waals surface area contributed by atoms with Crippen molar-refractivity contribution in [1.29, 1.82) is 0 Å². The molecule has 0 spiro atoms. The Bertz CT molecular complexity index is 712. The monoisotopic (exact) mass is 295 g/mol. The molecule has 1 aliphatic heterocycles. The number of amidine groups is 1. The number of nitrogens with zero attached hydrogens (tertiary/aromatic N) is 1. The number of aliphatic imine (C=N–C) groups is 1. The summed E-state index contributed by atoms with van der Waals surface area (Å²) in [5.74, 6) is 1.52. The molecule has 0 aliphatic carbocycles. The van der Waals surface area contributed by atoms with Crippen molar-refractivity contribution >= 4 is 22.9 Å². The zero-order chi connectivity index (χ0) is 15.7. The van der Waals surface area contributed by atoms with Gasteiger partial charge in [-0.2, -0.15) is 0 Å². The van der Waals surface area contributed by atoms with Crippen LogP contribution in [0.3, 0.4) is 0 Å². The summed E-state index contributed by atoms with van der Waals surface area (Å²) in [6.07, 6.45) is 0. The van der Waals surface area contributed by atoms with Gasteiger partial charge in [0.2, 0.25) is 0 Å². The second kappa shape index (κ2) is 5.37. The van der Waals surface area contributed by atoms with E-state index in [0.717, 1.165) is 23.0 Å². The average Bonchev–Trinajstić information content (AvgIpc) is 2.47. The van der Waals surface area contributed by atoms with Crippen molar-refractivity contribution in [1.82, 2.24) is 0 Å². The zero-order valence-corrected chi connectivity index (χ0v) is 13.2. The lowest BCUT2D eigenvalue weighted by atomic mass is 9.87. The maximum Gasteiger partial charge on any atom is 0.147 e. The maximum atomic E-state index is 5.75. The lowest BCUT2D eigenvalue weighted by molar-refractivity contribution is 0.372. The highest BCUT2D eigenvalue weighted by atomic mass is 16.5. The van der Waals surface area contributed by atoms with Crippen molar-refractivity contribution < 1.29 is 4.74 Å². The fourth-order valence-electron chi connectivity index (χ4n) is 2.35. The molecule has 0 radical (unpaired) electrons. The number of hydrogen-bond acceptors (Lipinski definition) is 4. The number of nitrogens with one attached hydrogen (secondary N) is 1. The number of rotatable bonds is 1. The van der Waals surface area contributed by atoms with Gasteiger partial charge in [0, 0.05) is 17.4 Å². The van der Waals surface area contributed by atoms with E-state index in [1.54, 1.807) is 6.07 Å². The van der Waals surface area contributed by atoms with Gasteiger partial charge in [0.1, 0.15) is 23.9 Å². The molecule has 1 aliphatic rings. The Morgan fingerprint density at radius 1 is 1.09 bits per heavy atom. The van der Waals surface area contributed by atoms with Gasteiger partial charge in [0.25, 0.3) is 0 Å². The molecule has 4 nitrogen and oxygen atoms in total. The summed E-state index contributed by atoms with van der Waals surface area (Å²) < 4.78 is 5.69. The fraction of sp³-hybridized carbons (Fsp3) is 0.278. The molecule has 0 fully saturated rings. The first-order valence-electron chi connectivity index (χ1n) is 7.39. The number of fused-ring (bicyclic) bond motifs is 1. The van der Waals surface area contributed by atoms with Gasteiger partial charge in [-0.3, -0.25) is 0 Å². The van der Waals surface area contributed by atoms with Gasteiger partial charge >= 0.3 is 0 Å². The van der Waals surface area contributed by atoms with Crippen molar-refractivity contribution in [2.24, 2.45) is 4.99 Å². The van der Waals surface area contributed by atoms with E-state index in [1.165, 1.54) is 5.56 Å².